The van der Waals surface area contributed by atoms with Crippen LogP contribution in [-0.2, 0) is 17.7 Å². The van der Waals surface area contributed by atoms with Crippen LogP contribution >= 0.6 is 0 Å². The lowest BCUT2D eigenvalue weighted by atomic mass is 10.1. The summed E-state index contributed by atoms with van der Waals surface area (Å²) < 4.78 is 7.58. The lowest BCUT2D eigenvalue weighted by Gasteiger charge is -2.16. The van der Waals surface area contributed by atoms with E-state index < -0.39 is 0 Å². The molecular weight excluding hydrogens is 262 g/mol. The number of nitrogens with one attached hydrogen (secondary N) is 1. The summed E-state index contributed by atoms with van der Waals surface area (Å²) in [7, 11) is 0. The highest BCUT2D eigenvalue weighted by atomic mass is 16.5. The van der Waals surface area contributed by atoms with E-state index in [2.05, 4.69) is 39.1 Å². The first-order valence-electron chi connectivity index (χ1n) is 7.81. The first-order valence-corrected chi connectivity index (χ1v) is 7.81. The third-order valence-electron chi connectivity index (χ3n) is 4.04. The molecule has 1 N–H and O–H groups in total. The summed E-state index contributed by atoms with van der Waals surface area (Å²) >= 11 is 0. The predicted octanol–water partition coefficient (Wildman–Crippen LogP) is 3.41. The first kappa shape index (κ1) is 14.1. The summed E-state index contributed by atoms with van der Waals surface area (Å²) in [6, 6.07) is 9.08. The number of rotatable bonds is 7. The first-order chi connectivity index (χ1) is 10.4. The normalized spacial score (nSPS) is 16.9. The second-order valence-corrected chi connectivity index (χ2v) is 5.43. The van der Waals surface area contributed by atoms with Gasteiger partial charge in [-0.15, -0.1) is 0 Å². The van der Waals surface area contributed by atoms with Crippen LogP contribution in [-0.4, -0.2) is 22.8 Å². The highest BCUT2D eigenvalue weighted by Crippen LogP contribution is 2.33. The standard InChI is InChI=1S/C17H23N3O/c1-2-21-13-5-11-20-12-10-18-17(20)19-16-9-8-14-6-3-4-7-15(14)16/h3-4,6-7,10,12,16H,2,5,8-9,11,13H2,1H3,(H,18,19). The van der Waals surface area contributed by atoms with Crippen LogP contribution in [0, 0.1) is 0 Å². The van der Waals surface area contributed by atoms with Crippen LogP contribution in [0.4, 0.5) is 5.95 Å². The molecule has 1 unspecified atom stereocenters. The lowest BCUT2D eigenvalue weighted by molar-refractivity contribution is 0.142. The number of ether oxygens (including phenoxy) is 1. The van der Waals surface area contributed by atoms with Crippen molar-refractivity contribution in [3.05, 3.63) is 47.8 Å². The molecule has 4 nitrogen and oxygen atoms in total. The summed E-state index contributed by atoms with van der Waals surface area (Å²) in [6.07, 6.45) is 7.21. The van der Waals surface area contributed by atoms with Gasteiger partial charge < -0.3 is 14.6 Å². The molecule has 0 saturated heterocycles. The molecule has 0 aliphatic heterocycles. The molecule has 2 aromatic rings. The fraction of sp³-hybridized carbons (Fsp3) is 0.471. The number of fused-ring (bicyclic) bond motifs is 1. The van der Waals surface area contributed by atoms with Gasteiger partial charge in [-0.05, 0) is 37.3 Å². The van der Waals surface area contributed by atoms with E-state index >= 15 is 0 Å². The van der Waals surface area contributed by atoms with Crippen LogP contribution in [0.1, 0.15) is 36.9 Å². The number of benzene rings is 1. The molecule has 0 bridgehead atoms. The van der Waals surface area contributed by atoms with Gasteiger partial charge in [-0.1, -0.05) is 24.3 Å². The third-order valence-corrected chi connectivity index (χ3v) is 4.04. The molecule has 112 valence electrons. The van der Waals surface area contributed by atoms with Gasteiger partial charge in [0.05, 0.1) is 6.04 Å². The third kappa shape index (κ3) is 3.27. The molecular formula is C17H23N3O. The number of hydrogen-bond donors (Lipinski definition) is 1. The highest BCUT2D eigenvalue weighted by molar-refractivity contribution is 5.40. The van der Waals surface area contributed by atoms with Crippen molar-refractivity contribution in [3.8, 4) is 0 Å². The molecule has 1 aromatic carbocycles. The minimum atomic E-state index is 0.384. The Kier molecular flexibility index (Phi) is 4.55. The molecule has 1 aliphatic rings. The summed E-state index contributed by atoms with van der Waals surface area (Å²) in [5.41, 5.74) is 2.88. The van der Waals surface area contributed by atoms with Crippen molar-refractivity contribution < 1.29 is 4.74 Å². The van der Waals surface area contributed by atoms with Crippen LogP contribution in [0.2, 0.25) is 0 Å². The van der Waals surface area contributed by atoms with Gasteiger partial charge in [0.25, 0.3) is 0 Å². The maximum atomic E-state index is 5.40. The average molecular weight is 285 g/mol. The van der Waals surface area contributed by atoms with Crippen LogP contribution in [0.5, 0.6) is 0 Å². The van der Waals surface area contributed by atoms with Crippen molar-refractivity contribution >= 4 is 5.95 Å². The zero-order valence-electron chi connectivity index (χ0n) is 12.6. The number of imidazole rings is 1. The maximum absolute atomic E-state index is 5.40. The van der Waals surface area contributed by atoms with E-state index in [0.29, 0.717) is 6.04 Å². The van der Waals surface area contributed by atoms with Gasteiger partial charge in [0, 0.05) is 32.2 Å². The van der Waals surface area contributed by atoms with Gasteiger partial charge >= 0.3 is 0 Å². The van der Waals surface area contributed by atoms with Gasteiger partial charge in [-0.2, -0.15) is 0 Å². The Bertz CT molecular complexity index is 579. The molecule has 0 radical (unpaired) electrons. The summed E-state index contributed by atoms with van der Waals surface area (Å²) in [4.78, 5) is 4.46. The monoisotopic (exact) mass is 285 g/mol. The van der Waals surface area contributed by atoms with E-state index in [9.17, 15) is 0 Å². The summed E-state index contributed by atoms with van der Waals surface area (Å²) in [5, 5.41) is 3.60. The lowest BCUT2D eigenvalue weighted by Crippen LogP contribution is -2.13. The number of anilines is 1. The van der Waals surface area contributed by atoms with Crippen molar-refractivity contribution in [3.63, 3.8) is 0 Å². The zero-order chi connectivity index (χ0) is 14.5. The van der Waals surface area contributed by atoms with Crippen LogP contribution in [0.25, 0.3) is 0 Å². The Morgan fingerprint density at radius 1 is 1.38 bits per heavy atom. The van der Waals surface area contributed by atoms with E-state index in [0.717, 1.165) is 45.0 Å². The molecule has 3 rings (SSSR count). The molecule has 0 amide bonds. The van der Waals surface area contributed by atoms with Crippen molar-refractivity contribution in [1.82, 2.24) is 9.55 Å². The zero-order valence-corrected chi connectivity index (χ0v) is 12.6. The van der Waals surface area contributed by atoms with Crippen molar-refractivity contribution in [2.45, 2.75) is 38.8 Å². The molecule has 1 aliphatic carbocycles. The minimum Gasteiger partial charge on any atom is -0.382 e. The number of aromatic nitrogens is 2. The Hall–Kier alpha value is -1.81. The van der Waals surface area contributed by atoms with E-state index in [-0.39, 0.29) is 0 Å². The van der Waals surface area contributed by atoms with Gasteiger partial charge in [0.1, 0.15) is 0 Å². The van der Waals surface area contributed by atoms with Crippen LogP contribution in [0.3, 0.4) is 0 Å². The quantitative estimate of drug-likeness (QED) is 0.792. The predicted molar refractivity (Wildman–Crippen MR) is 84.5 cm³/mol. The number of nitrogens with zero attached hydrogens (tertiary/aromatic N) is 2. The van der Waals surface area contributed by atoms with E-state index in [1.807, 2.05) is 19.3 Å². The molecule has 1 heterocycles. The highest BCUT2D eigenvalue weighted by Gasteiger charge is 2.22. The molecule has 1 aromatic heterocycles. The van der Waals surface area contributed by atoms with Crippen molar-refractivity contribution in [2.75, 3.05) is 18.5 Å². The topological polar surface area (TPSA) is 39.1 Å². The SMILES string of the molecule is CCOCCCn1ccnc1NC1CCc2ccccc21. The molecule has 0 spiro atoms. The van der Waals surface area contributed by atoms with Gasteiger partial charge in [-0.25, -0.2) is 4.98 Å². The second-order valence-electron chi connectivity index (χ2n) is 5.43. The van der Waals surface area contributed by atoms with Gasteiger partial charge in [0.15, 0.2) is 0 Å². The van der Waals surface area contributed by atoms with Crippen LogP contribution in [0.15, 0.2) is 36.7 Å². The fourth-order valence-electron chi connectivity index (χ4n) is 2.97. The summed E-state index contributed by atoms with van der Waals surface area (Å²) in [5.74, 6) is 0.966. The molecule has 4 heteroatoms. The Morgan fingerprint density at radius 2 is 2.29 bits per heavy atom. The van der Waals surface area contributed by atoms with Crippen molar-refractivity contribution in [1.29, 1.82) is 0 Å². The number of aryl methyl sites for hydroxylation is 2. The van der Waals surface area contributed by atoms with Crippen LogP contribution < -0.4 is 5.32 Å². The van der Waals surface area contributed by atoms with E-state index in [1.54, 1.807) is 0 Å². The van der Waals surface area contributed by atoms with E-state index in [4.69, 9.17) is 4.74 Å². The van der Waals surface area contributed by atoms with Gasteiger partial charge in [0.2, 0.25) is 5.95 Å². The molecule has 0 saturated carbocycles. The second kappa shape index (κ2) is 6.76. The average Bonchev–Trinajstić information content (AvgIpc) is 3.12. The Morgan fingerprint density at radius 3 is 3.19 bits per heavy atom. The maximum Gasteiger partial charge on any atom is 0.203 e. The summed E-state index contributed by atoms with van der Waals surface area (Å²) in [6.45, 7) is 4.56. The Balaban J connectivity index is 1.63. The van der Waals surface area contributed by atoms with E-state index in [1.165, 1.54) is 11.1 Å². The molecule has 0 fully saturated rings. The number of hydrogen-bond acceptors (Lipinski definition) is 3. The smallest absolute Gasteiger partial charge is 0.203 e. The fourth-order valence-corrected chi connectivity index (χ4v) is 2.97. The molecule has 21 heavy (non-hydrogen) atoms. The Labute approximate surface area is 126 Å². The minimum absolute atomic E-state index is 0.384. The largest absolute Gasteiger partial charge is 0.382 e. The van der Waals surface area contributed by atoms with Crippen molar-refractivity contribution in [2.24, 2.45) is 0 Å². The van der Waals surface area contributed by atoms with Gasteiger partial charge in [-0.3, -0.25) is 0 Å². The molecule has 1 atom stereocenters.